The third-order valence-corrected chi connectivity index (χ3v) is 9.99. The second-order valence-corrected chi connectivity index (χ2v) is 11.5. The molecule has 0 heterocycles. The quantitative estimate of drug-likeness (QED) is 0.380. The Morgan fingerprint density at radius 3 is 2.67 bits per heavy atom. The number of hydrogen-bond donors (Lipinski definition) is 0. The largest absolute Gasteiger partial charge is 0.364 e. The first-order chi connectivity index (χ1) is 14.6. The van der Waals surface area contributed by atoms with Crippen LogP contribution in [0.15, 0.2) is 30.3 Å². The normalized spacial score (nSPS) is 42.4. The third-order valence-electron chi connectivity index (χ3n) is 9.99. The molecule has 0 aliphatic heterocycles. The summed E-state index contributed by atoms with van der Waals surface area (Å²) in [7, 11) is 0. The van der Waals surface area contributed by atoms with E-state index in [-0.39, 0.29) is 0 Å². The Bertz CT molecular complexity index is 788. The Labute approximate surface area is 184 Å². The predicted octanol–water partition coefficient (Wildman–Crippen LogP) is 7.26. The van der Waals surface area contributed by atoms with Gasteiger partial charge >= 0.3 is 0 Å². The molecular weight excluding hydrogens is 364 g/mol. The highest BCUT2D eigenvalue weighted by molar-refractivity contribution is 5.17. The lowest BCUT2D eigenvalue weighted by molar-refractivity contribution is -0.119. The topological polar surface area (TPSA) is 9.23 Å². The van der Waals surface area contributed by atoms with Crippen molar-refractivity contribution < 1.29 is 4.74 Å². The summed E-state index contributed by atoms with van der Waals surface area (Å²) in [5.74, 6) is 11.5. The van der Waals surface area contributed by atoms with Gasteiger partial charge in [0, 0.05) is 5.92 Å². The standard InChI is InChI=1S/C29H40O/c1-28-16-8-14-25(28)27-23(12-9-19-30-21-22-10-4-3-5-11-22)20-24-13-6-7-17-29(24,2)26(27)15-18-28/h3-5,10-11,23-27H,6-8,13-21H2,1-2H3/t23-,24?,25+,26+,27+,28+,29+/m1/s1. The molecule has 30 heavy (non-hydrogen) atoms. The van der Waals surface area contributed by atoms with Crippen LogP contribution in [0.1, 0.15) is 83.6 Å². The molecule has 0 aromatic heterocycles. The van der Waals surface area contributed by atoms with E-state index in [1.165, 1.54) is 69.8 Å². The van der Waals surface area contributed by atoms with Crippen LogP contribution in [0.25, 0.3) is 0 Å². The van der Waals surface area contributed by atoms with E-state index in [0.29, 0.717) is 30.0 Å². The maximum absolute atomic E-state index is 5.91. The molecule has 0 spiro atoms. The van der Waals surface area contributed by atoms with Gasteiger partial charge in [0.25, 0.3) is 0 Å². The van der Waals surface area contributed by atoms with E-state index in [9.17, 15) is 0 Å². The lowest BCUT2D eigenvalue weighted by Gasteiger charge is -2.61. The molecular formula is C29H40O. The minimum Gasteiger partial charge on any atom is -0.364 e. The average molecular weight is 405 g/mol. The van der Waals surface area contributed by atoms with Crippen LogP contribution in [-0.2, 0) is 11.3 Å². The molecule has 1 heteroatoms. The number of ether oxygens (including phenoxy) is 1. The van der Waals surface area contributed by atoms with E-state index in [1.807, 2.05) is 0 Å². The minimum absolute atomic E-state index is 0.576. The maximum Gasteiger partial charge on any atom is 0.108 e. The fraction of sp³-hybridized carbons (Fsp3) is 0.724. The van der Waals surface area contributed by atoms with Gasteiger partial charge in [-0.25, -0.2) is 0 Å². The van der Waals surface area contributed by atoms with E-state index in [2.05, 4.69) is 56.0 Å². The predicted molar refractivity (Wildman–Crippen MR) is 124 cm³/mol. The Kier molecular flexibility index (Phi) is 5.74. The summed E-state index contributed by atoms with van der Waals surface area (Å²) in [6, 6.07) is 10.5. The van der Waals surface area contributed by atoms with E-state index < -0.39 is 0 Å². The zero-order valence-electron chi connectivity index (χ0n) is 19.2. The van der Waals surface area contributed by atoms with Crippen molar-refractivity contribution in [2.45, 2.75) is 84.7 Å². The minimum atomic E-state index is 0.576. The van der Waals surface area contributed by atoms with Crippen LogP contribution in [-0.4, -0.2) is 6.61 Å². The molecule has 1 nitrogen and oxygen atoms in total. The van der Waals surface area contributed by atoms with Crippen molar-refractivity contribution >= 4 is 0 Å². The number of rotatable bonds is 3. The van der Waals surface area contributed by atoms with Gasteiger partial charge in [0.1, 0.15) is 6.61 Å². The number of fused-ring (bicyclic) bond motifs is 5. The summed E-state index contributed by atoms with van der Waals surface area (Å²) in [6.07, 6.45) is 14.5. The smallest absolute Gasteiger partial charge is 0.108 e. The van der Waals surface area contributed by atoms with Crippen LogP contribution in [0, 0.1) is 52.3 Å². The van der Waals surface area contributed by atoms with Gasteiger partial charge in [-0.1, -0.05) is 75.3 Å². The van der Waals surface area contributed by atoms with Crippen LogP contribution >= 0.6 is 0 Å². The van der Waals surface area contributed by atoms with E-state index >= 15 is 0 Å². The van der Waals surface area contributed by atoms with E-state index in [0.717, 1.165) is 23.7 Å². The van der Waals surface area contributed by atoms with Gasteiger partial charge in [-0.3, -0.25) is 0 Å². The Morgan fingerprint density at radius 1 is 0.933 bits per heavy atom. The van der Waals surface area contributed by atoms with Gasteiger partial charge in [-0.15, -0.1) is 0 Å². The van der Waals surface area contributed by atoms with Crippen LogP contribution in [0.5, 0.6) is 0 Å². The van der Waals surface area contributed by atoms with Gasteiger partial charge in [0.2, 0.25) is 0 Å². The van der Waals surface area contributed by atoms with E-state index in [4.69, 9.17) is 4.74 Å². The molecule has 0 saturated heterocycles. The molecule has 162 valence electrons. The van der Waals surface area contributed by atoms with Crippen molar-refractivity contribution in [2.24, 2.45) is 40.4 Å². The second-order valence-electron chi connectivity index (χ2n) is 11.5. The highest BCUT2D eigenvalue weighted by atomic mass is 16.5. The molecule has 0 amide bonds. The van der Waals surface area contributed by atoms with Crippen molar-refractivity contribution in [2.75, 3.05) is 6.61 Å². The summed E-state index contributed by atoms with van der Waals surface area (Å²) in [6.45, 7) is 6.54. The SMILES string of the molecule is C[C@@]12CCC[C@H]1[C@@H]1[C@H](C#CCOCc3ccccc3)CC3CCCC[C@]3(C)[C@H]1CC2. The summed E-state index contributed by atoms with van der Waals surface area (Å²) >= 11 is 0. The molecule has 4 saturated carbocycles. The van der Waals surface area contributed by atoms with Crippen LogP contribution in [0.3, 0.4) is 0 Å². The Morgan fingerprint density at radius 2 is 1.80 bits per heavy atom. The summed E-state index contributed by atoms with van der Waals surface area (Å²) in [5.41, 5.74) is 2.43. The van der Waals surface area contributed by atoms with Crippen molar-refractivity contribution in [1.29, 1.82) is 0 Å². The molecule has 7 atom stereocenters. The van der Waals surface area contributed by atoms with Crippen molar-refractivity contribution in [3.8, 4) is 11.8 Å². The molecule has 5 rings (SSSR count). The summed E-state index contributed by atoms with van der Waals surface area (Å²) in [4.78, 5) is 0. The van der Waals surface area contributed by atoms with Gasteiger partial charge < -0.3 is 4.74 Å². The Balaban J connectivity index is 1.33. The van der Waals surface area contributed by atoms with Gasteiger partial charge in [-0.2, -0.15) is 0 Å². The molecule has 0 radical (unpaired) electrons. The van der Waals surface area contributed by atoms with Gasteiger partial charge in [-0.05, 0) is 85.0 Å². The fourth-order valence-corrected chi connectivity index (χ4v) is 8.41. The van der Waals surface area contributed by atoms with Crippen LogP contribution < -0.4 is 0 Å². The zero-order chi connectivity index (χ0) is 20.6. The van der Waals surface area contributed by atoms with Gasteiger partial charge in [0.05, 0.1) is 6.61 Å². The van der Waals surface area contributed by atoms with Crippen molar-refractivity contribution in [3.63, 3.8) is 0 Å². The molecule has 1 aromatic rings. The number of hydrogen-bond acceptors (Lipinski definition) is 1. The lowest BCUT2D eigenvalue weighted by Crippen LogP contribution is -2.54. The number of benzene rings is 1. The van der Waals surface area contributed by atoms with E-state index in [1.54, 1.807) is 0 Å². The molecule has 4 aliphatic carbocycles. The average Bonchev–Trinajstić information content (AvgIpc) is 3.16. The maximum atomic E-state index is 5.91. The highest BCUT2D eigenvalue weighted by Crippen LogP contribution is 2.67. The zero-order valence-corrected chi connectivity index (χ0v) is 19.2. The molecule has 0 N–H and O–H groups in total. The highest BCUT2D eigenvalue weighted by Gasteiger charge is 2.59. The van der Waals surface area contributed by atoms with Crippen molar-refractivity contribution in [1.82, 2.24) is 0 Å². The lowest BCUT2D eigenvalue weighted by atomic mass is 9.43. The third kappa shape index (κ3) is 3.64. The Hall–Kier alpha value is -1.26. The van der Waals surface area contributed by atoms with Crippen LogP contribution in [0.2, 0.25) is 0 Å². The summed E-state index contributed by atoms with van der Waals surface area (Å²) in [5, 5.41) is 0. The monoisotopic (exact) mass is 404 g/mol. The molecule has 0 bridgehead atoms. The molecule has 1 aromatic carbocycles. The fourth-order valence-electron chi connectivity index (χ4n) is 8.41. The summed E-state index contributed by atoms with van der Waals surface area (Å²) < 4.78 is 5.91. The van der Waals surface area contributed by atoms with Crippen LogP contribution in [0.4, 0.5) is 0 Å². The second kappa shape index (κ2) is 8.35. The first kappa shape index (κ1) is 20.6. The molecule has 1 unspecified atom stereocenters. The van der Waals surface area contributed by atoms with Crippen molar-refractivity contribution in [3.05, 3.63) is 35.9 Å². The van der Waals surface area contributed by atoms with Gasteiger partial charge in [0.15, 0.2) is 0 Å². The molecule has 4 fully saturated rings. The molecule has 4 aliphatic rings. The first-order valence-electron chi connectivity index (χ1n) is 12.7. The first-order valence-corrected chi connectivity index (χ1v) is 12.7.